The molecule has 0 aliphatic rings. The molecule has 0 radical (unpaired) electrons. The molecule has 92 valence electrons. The second-order valence-corrected chi connectivity index (χ2v) is 4.08. The van der Waals surface area contributed by atoms with Crippen LogP contribution in [0.15, 0.2) is 5.38 Å². The molecule has 1 heterocycles. The zero-order valence-electron chi connectivity index (χ0n) is 9.48. The Labute approximate surface area is 99.5 Å². The number of nitrogen functional groups attached to an aromatic ring is 1. The molecule has 0 saturated heterocycles. The van der Waals surface area contributed by atoms with Crippen LogP contribution < -0.4 is 5.73 Å². The molecule has 0 amide bonds. The van der Waals surface area contributed by atoms with Crippen LogP contribution in [0.5, 0.6) is 0 Å². The minimum Gasteiger partial charge on any atom is -0.382 e. The number of hydrogen-bond donors (Lipinski definition) is 1. The molecule has 6 heteroatoms. The summed E-state index contributed by atoms with van der Waals surface area (Å²) < 4.78 is 15.6. The van der Waals surface area contributed by atoms with Crippen molar-refractivity contribution in [2.24, 2.45) is 0 Å². The Morgan fingerprint density at radius 1 is 1.25 bits per heavy atom. The van der Waals surface area contributed by atoms with Gasteiger partial charge in [-0.2, -0.15) is 0 Å². The summed E-state index contributed by atoms with van der Waals surface area (Å²) >= 11 is 1.43. The van der Waals surface area contributed by atoms with E-state index in [1.807, 2.05) is 5.38 Å². The molecule has 0 aromatic carbocycles. The lowest BCUT2D eigenvalue weighted by Gasteiger charge is -2.04. The van der Waals surface area contributed by atoms with E-state index >= 15 is 0 Å². The van der Waals surface area contributed by atoms with Crippen LogP contribution in [-0.4, -0.2) is 38.5 Å². The summed E-state index contributed by atoms with van der Waals surface area (Å²) in [4.78, 5) is 4.09. The molecule has 1 aromatic heterocycles. The van der Waals surface area contributed by atoms with Gasteiger partial charge in [0, 0.05) is 25.7 Å². The fraction of sp³-hybridized carbons (Fsp3) is 0.700. The molecule has 0 atom stereocenters. The van der Waals surface area contributed by atoms with Crippen molar-refractivity contribution in [1.29, 1.82) is 0 Å². The fourth-order valence-electron chi connectivity index (χ4n) is 1.07. The fourth-order valence-corrected chi connectivity index (χ4v) is 1.62. The Morgan fingerprint density at radius 3 is 2.75 bits per heavy atom. The summed E-state index contributed by atoms with van der Waals surface area (Å²) in [5.41, 5.74) is 6.39. The zero-order valence-corrected chi connectivity index (χ0v) is 10.3. The third-order valence-electron chi connectivity index (χ3n) is 1.83. The summed E-state index contributed by atoms with van der Waals surface area (Å²) in [6, 6.07) is 0. The Balaban J connectivity index is 1.88. The topological polar surface area (TPSA) is 66.6 Å². The Bertz CT molecular complexity index is 281. The van der Waals surface area contributed by atoms with Gasteiger partial charge >= 0.3 is 0 Å². The number of nitrogens with two attached hydrogens (primary N) is 1. The molecule has 16 heavy (non-hydrogen) atoms. The molecule has 0 fully saturated rings. The summed E-state index contributed by atoms with van der Waals surface area (Å²) in [7, 11) is 1.66. The van der Waals surface area contributed by atoms with Crippen LogP contribution in [0.2, 0.25) is 0 Å². The van der Waals surface area contributed by atoms with Crippen LogP contribution in [0.3, 0.4) is 0 Å². The van der Waals surface area contributed by atoms with Crippen molar-refractivity contribution in [1.82, 2.24) is 4.98 Å². The SMILES string of the molecule is COCCOCCCOCc1csc(N)n1. The first-order valence-electron chi connectivity index (χ1n) is 5.17. The van der Waals surface area contributed by atoms with Crippen LogP contribution in [0.4, 0.5) is 5.13 Å². The van der Waals surface area contributed by atoms with Crippen molar-refractivity contribution >= 4 is 16.5 Å². The lowest BCUT2D eigenvalue weighted by atomic mass is 10.5. The van der Waals surface area contributed by atoms with Gasteiger partial charge in [0.2, 0.25) is 0 Å². The molecule has 0 unspecified atom stereocenters. The number of ether oxygens (including phenoxy) is 3. The smallest absolute Gasteiger partial charge is 0.180 e. The zero-order chi connectivity index (χ0) is 11.6. The van der Waals surface area contributed by atoms with Gasteiger partial charge in [0.05, 0.1) is 25.5 Å². The highest BCUT2D eigenvalue weighted by molar-refractivity contribution is 7.13. The van der Waals surface area contributed by atoms with E-state index in [2.05, 4.69) is 4.98 Å². The van der Waals surface area contributed by atoms with Gasteiger partial charge in [0.25, 0.3) is 0 Å². The van der Waals surface area contributed by atoms with Gasteiger partial charge in [-0.25, -0.2) is 4.98 Å². The van der Waals surface area contributed by atoms with Crippen molar-refractivity contribution in [3.63, 3.8) is 0 Å². The van der Waals surface area contributed by atoms with Crippen molar-refractivity contribution in [2.75, 3.05) is 39.3 Å². The summed E-state index contributed by atoms with van der Waals surface area (Å²) in [5, 5.41) is 2.49. The maximum absolute atomic E-state index is 5.50. The average molecular weight is 246 g/mol. The normalized spacial score (nSPS) is 10.8. The van der Waals surface area contributed by atoms with Crippen molar-refractivity contribution in [3.05, 3.63) is 11.1 Å². The monoisotopic (exact) mass is 246 g/mol. The minimum absolute atomic E-state index is 0.520. The molecule has 0 spiro atoms. The van der Waals surface area contributed by atoms with Gasteiger partial charge in [-0.15, -0.1) is 11.3 Å². The van der Waals surface area contributed by atoms with Crippen LogP contribution >= 0.6 is 11.3 Å². The maximum Gasteiger partial charge on any atom is 0.180 e. The number of aromatic nitrogens is 1. The number of methoxy groups -OCH3 is 1. The van der Waals surface area contributed by atoms with Gasteiger partial charge < -0.3 is 19.9 Å². The van der Waals surface area contributed by atoms with Gasteiger partial charge in [-0.3, -0.25) is 0 Å². The molecule has 2 N–H and O–H groups in total. The molecule has 0 aliphatic heterocycles. The highest BCUT2D eigenvalue weighted by Crippen LogP contribution is 2.11. The predicted octanol–water partition coefficient (Wildman–Crippen LogP) is 1.29. The molecule has 0 aliphatic carbocycles. The molecule has 0 bridgehead atoms. The summed E-state index contributed by atoms with van der Waals surface area (Å²) in [6.45, 7) is 3.16. The predicted molar refractivity (Wildman–Crippen MR) is 63.5 cm³/mol. The standard InChI is InChI=1S/C10H18N2O3S/c1-13-5-6-14-3-2-4-15-7-9-8-16-10(11)12-9/h8H,2-7H2,1H3,(H2,11,12). The number of hydrogen-bond acceptors (Lipinski definition) is 6. The maximum atomic E-state index is 5.50. The molecule has 5 nitrogen and oxygen atoms in total. The van der Waals surface area contributed by atoms with Crippen LogP contribution in [0.1, 0.15) is 12.1 Å². The lowest BCUT2D eigenvalue weighted by Crippen LogP contribution is -2.05. The molecule has 1 aromatic rings. The van der Waals surface area contributed by atoms with E-state index < -0.39 is 0 Å². The number of thiazole rings is 1. The quantitative estimate of drug-likeness (QED) is 0.665. The van der Waals surface area contributed by atoms with E-state index in [0.29, 0.717) is 38.2 Å². The summed E-state index contributed by atoms with van der Waals surface area (Å²) in [5.74, 6) is 0. The second-order valence-electron chi connectivity index (χ2n) is 3.19. The Kier molecular flexibility index (Phi) is 7.07. The first-order chi connectivity index (χ1) is 7.83. The number of anilines is 1. The highest BCUT2D eigenvalue weighted by atomic mass is 32.1. The van der Waals surface area contributed by atoms with Gasteiger partial charge in [0.15, 0.2) is 5.13 Å². The summed E-state index contributed by atoms with van der Waals surface area (Å²) in [6.07, 6.45) is 0.878. The third kappa shape index (κ3) is 6.02. The highest BCUT2D eigenvalue weighted by Gasteiger charge is 1.98. The molecule has 0 saturated carbocycles. The van der Waals surface area contributed by atoms with Crippen molar-refractivity contribution in [2.45, 2.75) is 13.0 Å². The Hall–Kier alpha value is -0.690. The Morgan fingerprint density at radius 2 is 2.06 bits per heavy atom. The van der Waals surface area contributed by atoms with Crippen molar-refractivity contribution < 1.29 is 14.2 Å². The van der Waals surface area contributed by atoms with Crippen molar-refractivity contribution in [3.8, 4) is 0 Å². The van der Waals surface area contributed by atoms with Crippen LogP contribution in [0, 0.1) is 0 Å². The van der Waals surface area contributed by atoms with Crippen LogP contribution in [0.25, 0.3) is 0 Å². The van der Waals surface area contributed by atoms with E-state index in [1.54, 1.807) is 7.11 Å². The van der Waals surface area contributed by atoms with Crippen LogP contribution in [-0.2, 0) is 20.8 Å². The minimum atomic E-state index is 0.520. The third-order valence-corrected chi connectivity index (χ3v) is 2.55. The first-order valence-corrected chi connectivity index (χ1v) is 6.05. The first kappa shape index (κ1) is 13.4. The lowest BCUT2D eigenvalue weighted by molar-refractivity contribution is 0.0479. The van der Waals surface area contributed by atoms with E-state index in [-0.39, 0.29) is 0 Å². The largest absolute Gasteiger partial charge is 0.382 e. The number of nitrogens with zero attached hydrogens (tertiary/aromatic N) is 1. The molecule has 1 rings (SSSR count). The van der Waals surface area contributed by atoms with E-state index in [0.717, 1.165) is 12.1 Å². The number of rotatable bonds is 9. The average Bonchev–Trinajstić information content (AvgIpc) is 2.68. The molecular weight excluding hydrogens is 228 g/mol. The van der Waals surface area contributed by atoms with E-state index in [9.17, 15) is 0 Å². The second kappa shape index (κ2) is 8.46. The van der Waals surface area contributed by atoms with E-state index in [4.69, 9.17) is 19.9 Å². The van der Waals surface area contributed by atoms with Gasteiger partial charge in [0.1, 0.15) is 0 Å². The van der Waals surface area contributed by atoms with E-state index in [1.165, 1.54) is 11.3 Å². The molecular formula is C10H18N2O3S. The van der Waals surface area contributed by atoms with Gasteiger partial charge in [-0.1, -0.05) is 0 Å². The van der Waals surface area contributed by atoms with Gasteiger partial charge in [-0.05, 0) is 6.42 Å².